The zero-order chi connectivity index (χ0) is 22.1. The van der Waals surface area contributed by atoms with Crippen LogP contribution in [0, 0.1) is 23.7 Å². The molecule has 4 nitrogen and oxygen atoms in total. The van der Waals surface area contributed by atoms with Crippen molar-refractivity contribution in [3.05, 3.63) is 12.2 Å². The van der Waals surface area contributed by atoms with Crippen LogP contribution in [0.2, 0.25) is 0 Å². The Morgan fingerprint density at radius 1 is 0.733 bits per heavy atom. The maximum atomic E-state index is 13.1. The van der Waals surface area contributed by atoms with Crippen molar-refractivity contribution in [3.63, 3.8) is 0 Å². The third-order valence-electron chi connectivity index (χ3n) is 6.28. The second kappa shape index (κ2) is 8.78. The van der Waals surface area contributed by atoms with Gasteiger partial charge in [-0.05, 0) is 51.4 Å². The summed E-state index contributed by atoms with van der Waals surface area (Å²) in [5, 5.41) is 0. The van der Waals surface area contributed by atoms with Gasteiger partial charge in [-0.1, -0.05) is 12.2 Å². The predicted molar refractivity (Wildman–Crippen MR) is 91.9 cm³/mol. The van der Waals surface area contributed by atoms with Gasteiger partial charge in [0.05, 0.1) is 23.7 Å². The number of alkyl halides is 6. The first-order valence-corrected chi connectivity index (χ1v) is 10.2. The molecule has 0 aliphatic heterocycles. The summed E-state index contributed by atoms with van der Waals surface area (Å²) in [6, 6.07) is 0. The number of carbonyl (C=O) groups excluding carboxylic acids is 2. The Hall–Kier alpha value is -1.74. The summed E-state index contributed by atoms with van der Waals surface area (Å²) in [7, 11) is 0. The van der Waals surface area contributed by atoms with E-state index < -0.39 is 60.2 Å². The number of carbonyl (C=O) groups is 2. The van der Waals surface area contributed by atoms with Gasteiger partial charge in [-0.2, -0.15) is 26.3 Å². The van der Waals surface area contributed by atoms with Crippen LogP contribution in [0.25, 0.3) is 0 Å². The van der Waals surface area contributed by atoms with E-state index in [0.717, 1.165) is 0 Å². The minimum Gasteiger partial charge on any atom is -0.461 e. The number of hydrogen-bond acceptors (Lipinski definition) is 4. The molecule has 0 aromatic rings. The molecule has 3 aliphatic rings. The fraction of sp³-hybridized carbons (Fsp3) is 0.800. The molecule has 2 fully saturated rings. The van der Waals surface area contributed by atoms with Crippen LogP contribution in [0.5, 0.6) is 0 Å². The second-order valence-electron chi connectivity index (χ2n) is 8.25. The van der Waals surface area contributed by atoms with Crippen molar-refractivity contribution in [1.29, 1.82) is 0 Å². The van der Waals surface area contributed by atoms with Gasteiger partial charge in [0, 0.05) is 0 Å². The van der Waals surface area contributed by atoms with Crippen molar-refractivity contribution < 1.29 is 45.4 Å². The lowest BCUT2D eigenvalue weighted by atomic mass is 9.83. The maximum absolute atomic E-state index is 13.1. The molecule has 6 atom stereocenters. The Labute approximate surface area is 170 Å². The molecule has 2 saturated carbocycles. The largest absolute Gasteiger partial charge is 0.461 e. The minimum atomic E-state index is -4.49. The molecule has 170 valence electrons. The van der Waals surface area contributed by atoms with Gasteiger partial charge in [0.15, 0.2) is 0 Å². The SMILES string of the molecule is O=C(OC1CCCC1C(F)(F)F)C1C=CCCC1C(=O)OC1CCCC1C(F)(F)F. The number of ether oxygens (including phenoxy) is 2. The highest BCUT2D eigenvalue weighted by atomic mass is 19.4. The molecule has 0 N–H and O–H groups in total. The minimum absolute atomic E-state index is 0.0802. The standard InChI is InChI=1S/C20H24F6O4/c21-19(22,23)13-7-3-9-15(13)29-17(27)11-5-1-2-6-12(11)18(28)30-16-10-4-8-14(16)20(24,25)26/h1,5,11-16H,2-4,6-10H2. The summed E-state index contributed by atoms with van der Waals surface area (Å²) in [5.41, 5.74) is 0. The normalized spacial score (nSPS) is 34.7. The van der Waals surface area contributed by atoms with Crippen molar-refractivity contribution in [2.24, 2.45) is 23.7 Å². The average molecular weight is 442 g/mol. The molecule has 30 heavy (non-hydrogen) atoms. The summed E-state index contributed by atoms with van der Waals surface area (Å²) in [6.07, 6.45) is -7.57. The zero-order valence-corrected chi connectivity index (χ0v) is 16.2. The summed E-state index contributed by atoms with van der Waals surface area (Å²) >= 11 is 0. The van der Waals surface area contributed by atoms with Gasteiger partial charge in [0.25, 0.3) is 0 Å². The van der Waals surface area contributed by atoms with Crippen molar-refractivity contribution >= 4 is 11.9 Å². The Bertz CT molecular complexity index is 671. The van der Waals surface area contributed by atoms with E-state index >= 15 is 0 Å². The highest BCUT2D eigenvalue weighted by molar-refractivity contribution is 5.84. The van der Waals surface area contributed by atoms with E-state index in [1.807, 2.05) is 0 Å². The highest BCUT2D eigenvalue weighted by Crippen LogP contribution is 2.43. The molecular weight excluding hydrogens is 418 g/mol. The first-order chi connectivity index (χ1) is 14.0. The molecule has 0 aromatic carbocycles. The van der Waals surface area contributed by atoms with Gasteiger partial charge in [0.2, 0.25) is 0 Å². The molecule has 0 radical (unpaired) electrons. The smallest absolute Gasteiger partial charge is 0.395 e. The van der Waals surface area contributed by atoms with E-state index in [4.69, 9.17) is 9.47 Å². The topological polar surface area (TPSA) is 52.6 Å². The third kappa shape index (κ3) is 5.11. The van der Waals surface area contributed by atoms with Gasteiger partial charge < -0.3 is 9.47 Å². The summed E-state index contributed by atoms with van der Waals surface area (Å²) in [4.78, 5) is 25.2. The quantitative estimate of drug-likeness (QED) is 0.345. The van der Waals surface area contributed by atoms with Crippen LogP contribution in [0.1, 0.15) is 51.4 Å². The van der Waals surface area contributed by atoms with Crippen molar-refractivity contribution in [3.8, 4) is 0 Å². The Morgan fingerprint density at radius 2 is 1.23 bits per heavy atom. The Balaban J connectivity index is 1.65. The molecule has 3 rings (SSSR count). The Kier molecular flexibility index (Phi) is 6.72. The van der Waals surface area contributed by atoms with Crippen LogP contribution in [-0.4, -0.2) is 36.5 Å². The molecule has 10 heteroatoms. The van der Waals surface area contributed by atoms with Gasteiger partial charge in [-0.25, -0.2) is 0 Å². The van der Waals surface area contributed by atoms with Crippen LogP contribution >= 0.6 is 0 Å². The van der Waals surface area contributed by atoms with E-state index in [1.54, 1.807) is 6.08 Å². The van der Waals surface area contributed by atoms with Gasteiger partial charge in [-0.15, -0.1) is 0 Å². The van der Waals surface area contributed by atoms with Crippen LogP contribution in [0.4, 0.5) is 26.3 Å². The lowest BCUT2D eigenvalue weighted by molar-refractivity contribution is -0.208. The van der Waals surface area contributed by atoms with Crippen molar-refractivity contribution in [1.82, 2.24) is 0 Å². The molecule has 0 bridgehead atoms. The first-order valence-electron chi connectivity index (χ1n) is 10.2. The van der Waals surface area contributed by atoms with Crippen molar-refractivity contribution in [2.75, 3.05) is 0 Å². The number of rotatable bonds is 4. The molecule has 0 amide bonds. The van der Waals surface area contributed by atoms with E-state index in [-0.39, 0.29) is 44.9 Å². The summed E-state index contributed by atoms with van der Waals surface area (Å²) in [5.74, 6) is -7.61. The highest BCUT2D eigenvalue weighted by Gasteiger charge is 2.51. The van der Waals surface area contributed by atoms with E-state index in [2.05, 4.69) is 0 Å². The van der Waals surface area contributed by atoms with Crippen LogP contribution in [0.15, 0.2) is 12.2 Å². The average Bonchev–Trinajstić information content (AvgIpc) is 3.30. The monoisotopic (exact) mass is 442 g/mol. The zero-order valence-electron chi connectivity index (χ0n) is 16.2. The summed E-state index contributed by atoms with van der Waals surface area (Å²) < 4.78 is 88.8. The molecule has 3 aliphatic carbocycles. The van der Waals surface area contributed by atoms with Gasteiger partial charge in [-0.3, -0.25) is 9.59 Å². The van der Waals surface area contributed by atoms with Gasteiger partial charge in [0.1, 0.15) is 12.2 Å². The first kappa shape index (κ1) is 22.9. The predicted octanol–water partition coefficient (Wildman–Crippen LogP) is 5.12. The van der Waals surface area contributed by atoms with Crippen LogP contribution < -0.4 is 0 Å². The number of hydrogen-bond donors (Lipinski definition) is 0. The molecular formula is C20H24F6O4. The lowest BCUT2D eigenvalue weighted by Crippen LogP contribution is -2.40. The van der Waals surface area contributed by atoms with E-state index in [1.165, 1.54) is 6.08 Å². The second-order valence-corrected chi connectivity index (χ2v) is 8.25. The molecule has 0 spiro atoms. The van der Waals surface area contributed by atoms with Crippen LogP contribution in [0.3, 0.4) is 0 Å². The summed E-state index contributed by atoms with van der Waals surface area (Å²) in [6.45, 7) is 0. The molecule has 0 saturated heterocycles. The fourth-order valence-corrected chi connectivity index (χ4v) is 4.69. The molecule has 6 unspecified atom stereocenters. The third-order valence-corrected chi connectivity index (χ3v) is 6.28. The van der Waals surface area contributed by atoms with E-state index in [9.17, 15) is 35.9 Å². The molecule has 0 heterocycles. The van der Waals surface area contributed by atoms with Crippen molar-refractivity contribution in [2.45, 2.75) is 75.9 Å². The number of allylic oxidation sites excluding steroid dienone is 1. The van der Waals surface area contributed by atoms with Gasteiger partial charge >= 0.3 is 24.3 Å². The van der Waals surface area contributed by atoms with E-state index in [0.29, 0.717) is 6.42 Å². The maximum Gasteiger partial charge on any atom is 0.395 e. The Morgan fingerprint density at radius 3 is 1.73 bits per heavy atom. The fourth-order valence-electron chi connectivity index (χ4n) is 4.69. The number of esters is 2. The lowest BCUT2D eigenvalue weighted by Gasteiger charge is -2.30. The number of halogens is 6. The van der Waals surface area contributed by atoms with Crippen LogP contribution in [-0.2, 0) is 19.1 Å². The molecule has 0 aromatic heterocycles.